The zero-order valence-electron chi connectivity index (χ0n) is 13.8. The van der Waals surface area contributed by atoms with Crippen LogP contribution in [0.15, 0.2) is 30.5 Å². The Morgan fingerprint density at radius 3 is 2.57 bits per heavy atom. The van der Waals surface area contributed by atoms with Crippen LogP contribution in [0.3, 0.4) is 0 Å². The number of carbonyl (C=O) groups is 1. The molecule has 0 atom stereocenters. The summed E-state index contributed by atoms with van der Waals surface area (Å²) in [7, 11) is 3.57. The van der Waals surface area contributed by atoms with Crippen molar-refractivity contribution in [3.63, 3.8) is 0 Å². The highest BCUT2D eigenvalue weighted by Gasteiger charge is 2.21. The Morgan fingerprint density at radius 2 is 1.87 bits per heavy atom. The van der Waals surface area contributed by atoms with Crippen molar-refractivity contribution in [2.24, 2.45) is 7.05 Å². The lowest BCUT2D eigenvalue weighted by molar-refractivity contribution is 0.0296. The Hall–Kier alpha value is -2.27. The molecular weight excluding hydrogens is 292 g/mol. The van der Waals surface area contributed by atoms with Gasteiger partial charge in [-0.2, -0.15) is 0 Å². The van der Waals surface area contributed by atoms with E-state index in [9.17, 15) is 4.79 Å². The summed E-state index contributed by atoms with van der Waals surface area (Å²) in [5, 5.41) is 0. The third kappa shape index (κ3) is 3.24. The second-order valence-corrected chi connectivity index (χ2v) is 5.87. The average molecular weight is 314 g/mol. The number of ether oxygens (including phenoxy) is 2. The van der Waals surface area contributed by atoms with Gasteiger partial charge in [0.05, 0.1) is 20.3 Å². The standard InChI is InChI=1S/C18H22N2O3/c1-13-8-14(10-16(9-13)22-3)15-11-17(19(2)12-15)18(21)20-4-6-23-7-5-20/h8-12H,4-7H2,1-3H3. The Labute approximate surface area is 136 Å². The summed E-state index contributed by atoms with van der Waals surface area (Å²) >= 11 is 0. The Balaban J connectivity index is 1.91. The molecule has 0 unspecified atom stereocenters. The maximum atomic E-state index is 12.7. The number of morpholine rings is 1. The molecule has 3 rings (SSSR count). The molecule has 0 N–H and O–H groups in total. The van der Waals surface area contributed by atoms with Crippen LogP contribution in [-0.4, -0.2) is 48.8 Å². The van der Waals surface area contributed by atoms with Crippen LogP contribution >= 0.6 is 0 Å². The molecule has 2 heterocycles. The summed E-state index contributed by atoms with van der Waals surface area (Å²) in [6, 6.07) is 8.03. The topological polar surface area (TPSA) is 43.7 Å². The maximum Gasteiger partial charge on any atom is 0.270 e. The van der Waals surface area contributed by atoms with E-state index >= 15 is 0 Å². The minimum atomic E-state index is 0.0571. The van der Waals surface area contributed by atoms with Crippen LogP contribution in [0.25, 0.3) is 11.1 Å². The molecule has 1 aromatic carbocycles. The fourth-order valence-corrected chi connectivity index (χ4v) is 2.90. The van der Waals surface area contributed by atoms with Gasteiger partial charge in [-0.1, -0.05) is 6.07 Å². The molecule has 1 fully saturated rings. The Kier molecular flexibility index (Phi) is 4.39. The van der Waals surface area contributed by atoms with Gasteiger partial charge in [-0.05, 0) is 36.2 Å². The van der Waals surface area contributed by atoms with Gasteiger partial charge in [-0.3, -0.25) is 4.79 Å². The van der Waals surface area contributed by atoms with Gasteiger partial charge >= 0.3 is 0 Å². The molecule has 122 valence electrons. The third-order valence-corrected chi connectivity index (χ3v) is 4.14. The van der Waals surface area contributed by atoms with E-state index in [0.29, 0.717) is 32.0 Å². The number of methoxy groups -OCH3 is 1. The van der Waals surface area contributed by atoms with Gasteiger partial charge in [-0.25, -0.2) is 0 Å². The highest BCUT2D eigenvalue weighted by molar-refractivity contribution is 5.94. The molecule has 0 aliphatic carbocycles. The maximum absolute atomic E-state index is 12.7. The number of nitrogens with zero attached hydrogens (tertiary/aromatic N) is 2. The highest BCUT2D eigenvalue weighted by Crippen LogP contribution is 2.27. The lowest BCUT2D eigenvalue weighted by Crippen LogP contribution is -2.41. The van der Waals surface area contributed by atoms with E-state index in [-0.39, 0.29) is 5.91 Å². The first-order valence-corrected chi connectivity index (χ1v) is 7.78. The van der Waals surface area contributed by atoms with Gasteiger partial charge < -0.3 is 18.9 Å². The van der Waals surface area contributed by atoms with Crippen molar-refractivity contribution in [3.8, 4) is 16.9 Å². The zero-order chi connectivity index (χ0) is 16.4. The molecule has 1 saturated heterocycles. The monoisotopic (exact) mass is 314 g/mol. The summed E-state index contributed by atoms with van der Waals surface area (Å²) in [5.74, 6) is 0.881. The first-order valence-electron chi connectivity index (χ1n) is 7.78. The van der Waals surface area contributed by atoms with E-state index in [2.05, 4.69) is 6.07 Å². The van der Waals surface area contributed by atoms with E-state index in [1.807, 2.05) is 47.8 Å². The zero-order valence-corrected chi connectivity index (χ0v) is 13.8. The molecule has 0 spiro atoms. The van der Waals surface area contributed by atoms with Crippen molar-refractivity contribution in [1.82, 2.24) is 9.47 Å². The fourth-order valence-electron chi connectivity index (χ4n) is 2.90. The first kappa shape index (κ1) is 15.6. The molecule has 2 aromatic rings. The van der Waals surface area contributed by atoms with Crippen molar-refractivity contribution in [3.05, 3.63) is 41.7 Å². The van der Waals surface area contributed by atoms with Gasteiger partial charge in [0.15, 0.2) is 0 Å². The number of carbonyl (C=O) groups excluding carboxylic acids is 1. The largest absolute Gasteiger partial charge is 0.497 e. The van der Waals surface area contributed by atoms with Crippen LogP contribution in [0.1, 0.15) is 16.1 Å². The normalized spacial score (nSPS) is 14.8. The van der Waals surface area contributed by atoms with Crippen LogP contribution in [0, 0.1) is 6.92 Å². The smallest absolute Gasteiger partial charge is 0.270 e. The third-order valence-electron chi connectivity index (χ3n) is 4.14. The number of rotatable bonds is 3. The van der Waals surface area contributed by atoms with Crippen molar-refractivity contribution < 1.29 is 14.3 Å². The summed E-state index contributed by atoms with van der Waals surface area (Å²) in [4.78, 5) is 14.5. The quantitative estimate of drug-likeness (QED) is 0.874. The van der Waals surface area contributed by atoms with Gasteiger partial charge in [0.1, 0.15) is 11.4 Å². The number of aromatic nitrogens is 1. The number of amides is 1. The number of hydrogen-bond donors (Lipinski definition) is 0. The van der Waals surface area contributed by atoms with Crippen molar-refractivity contribution in [2.45, 2.75) is 6.92 Å². The molecule has 0 bridgehead atoms. The van der Waals surface area contributed by atoms with E-state index in [1.54, 1.807) is 7.11 Å². The van der Waals surface area contributed by atoms with E-state index in [1.165, 1.54) is 0 Å². The van der Waals surface area contributed by atoms with Crippen LogP contribution < -0.4 is 4.74 Å². The minimum absolute atomic E-state index is 0.0571. The summed E-state index contributed by atoms with van der Waals surface area (Å²) in [6.07, 6.45) is 1.99. The van der Waals surface area contributed by atoms with Crippen molar-refractivity contribution >= 4 is 5.91 Å². The number of aryl methyl sites for hydroxylation is 2. The van der Waals surface area contributed by atoms with Crippen molar-refractivity contribution in [1.29, 1.82) is 0 Å². The molecule has 1 aliphatic heterocycles. The van der Waals surface area contributed by atoms with E-state index in [4.69, 9.17) is 9.47 Å². The van der Waals surface area contributed by atoms with Gasteiger partial charge in [0.25, 0.3) is 5.91 Å². The molecule has 0 saturated carbocycles. The van der Waals surface area contributed by atoms with Gasteiger partial charge in [0, 0.05) is 31.9 Å². The first-order chi connectivity index (χ1) is 11.1. The van der Waals surface area contributed by atoms with E-state index in [0.717, 1.165) is 22.4 Å². The number of benzene rings is 1. The van der Waals surface area contributed by atoms with Crippen LogP contribution in [0.4, 0.5) is 0 Å². The van der Waals surface area contributed by atoms with Gasteiger partial charge in [0.2, 0.25) is 0 Å². The molecule has 23 heavy (non-hydrogen) atoms. The second kappa shape index (κ2) is 6.46. The lowest BCUT2D eigenvalue weighted by atomic mass is 10.1. The summed E-state index contributed by atoms with van der Waals surface area (Å²) < 4.78 is 12.5. The average Bonchev–Trinajstić information content (AvgIpc) is 2.96. The predicted octanol–water partition coefficient (Wildman–Crippen LogP) is 2.48. The predicted molar refractivity (Wildman–Crippen MR) is 88.9 cm³/mol. The van der Waals surface area contributed by atoms with Crippen LogP contribution in [0.5, 0.6) is 5.75 Å². The fraction of sp³-hybridized carbons (Fsp3) is 0.389. The highest BCUT2D eigenvalue weighted by atomic mass is 16.5. The number of hydrogen-bond acceptors (Lipinski definition) is 3. The summed E-state index contributed by atoms with van der Waals surface area (Å²) in [6.45, 7) is 4.56. The van der Waals surface area contributed by atoms with E-state index < -0.39 is 0 Å². The Bertz CT molecular complexity index is 715. The second-order valence-electron chi connectivity index (χ2n) is 5.87. The lowest BCUT2D eigenvalue weighted by Gasteiger charge is -2.26. The van der Waals surface area contributed by atoms with Crippen LogP contribution in [-0.2, 0) is 11.8 Å². The minimum Gasteiger partial charge on any atom is -0.497 e. The van der Waals surface area contributed by atoms with Crippen molar-refractivity contribution in [2.75, 3.05) is 33.4 Å². The molecule has 1 amide bonds. The summed E-state index contributed by atoms with van der Waals surface area (Å²) in [5.41, 5.74) is 3.90. The molecular formula is C18H22N2O3. The van der Waals surface area contributed by atoms with Crippen LogP contribution in [0.2, 0.25) is 0 Å². The SMILES string of the molecule is COc1cc(C)cc(-c2cc(C(=O)N3CCOCC3)n(C)c2)c1. The van der Waals surface area contributed by atoms with Gasteiger partial charge in [-0.15, -0.1) is 0 Å². The molecule has 0 radical (unpaired) electrons. The molecule has 1 aliphatic rings. The molecule has 5 heteroatoms. The molecule has 1 aromatic heterocycles. The molecule has 5 nitrogen and oxygen atoms in total. The Morgan fingerprint density at radius 1 is 1.13 bits per heavy atom.